The maximum absolute atomic E-state index is 9.57. The van der Waals surface area contributed by atoms with Crippen LogP contribution < -0.4 is 11.1 Å². The van der Waals surface area contributed by atoms with E-state index in [1.54, 1.807) is 0 Å². The van der Waals surface area contributed by atoms with Gasteiger partial charge in [-0.05, 0) is 44.8 Å². The molecule has 1 unspecified atom stereocenters. The van der Waals surface area contributed by atoms with Crippen LogP contribution in [-0.4, -0.2) is 30.8 Å². The summed E-state index contributed by atoms with van der Waals surface area (Å²) in [5, 5.41) is 12.8. The molecule has 1 fully saturated rings. The summed E-state index contributed by atoms with van der Waals surface area (Å²) >= 11 is 0. The van der Waals surface area contributed by atoms with Gasteiger partial charge in [0.05, 0.1) is 6.10 Å². The Morgan fingerprint density at radius 3 is 2.64 bits per heavy atom. The molecule has 1 rings (SSSR count). The van der Waals surface area contributed by atoms with Crippen LogP contribution in [0.5, 0.6) is 0 Å². The fraction of sp³-hybridized carbons (Fsp3) is 1.00. The van der Waals surface area contributed by atoms with Gasteiger partial charge in [-0.25, -0.2) is 0 Å². The first-order valence-corrected chi connectivity index (χ1v) is 4.43. The Balaban J connectivity index is 2.21. The average molecular weight is 158 g/mol. The predicted octanol–water partition coefficient (Wildman–Crippen LogP) is -0.304. The Morgan fingerprint density at radius 1 is 1.45 bits per heavy atom. The molecular weight excluding hydrogens is 140 g/mol. The molecule has 0 aromatic rings. The molecule has 3 heteroatoms. The zero-order valence-corrected chi connectivity index (χ0v) is 6.92. The molecule has 11 heavy (non-hydrogen) atoms. The molecule has 1 aliphatic rings. The van der Waals surface area contributed by atoms with E-state index in [0.29, 0.717) is 12.5 Å². The molecule has 1 saturated heterocycles. The molecule has 1 aliphatic heterocycles. The molecule has 0 aromatic carbocycles. The van der Waals surface area contributed by atoms with Gasteiger partial charge in [-0.1, -0.05) is 0 Å². The number of piperidine rings is 1. The summed E-state index contributed by atoms with van der Waals surface area (Å²) in [5.41, 5.74) is 5.36. The van der Waals surface area contributed by atoms with E-state index >= 15 is 0 Å². The Hall–Kier alpha value is -0.120. The molecule has 0 amide bonds. The highest BCUT2D eigenvalue weighted by atomic mass is 16.3. The van der Waals surface area contributed by atoms with Crippen molar-refractivity contribution in [2.24, 2.45) is 11.7 Å². The standard InChI is InChI=1S/C8H18N2O/c9-4-1-8(11)7-2-5-10-6-3-7/h7-8,10-11H,1-6,9H2. The first-order valence-electron chi connectivity index (χ1n) is 4.43. The number of rotatable bonds is 3. The van der Waals surface area contributed by atoms with Gasteiger partial charge in [0.2, 0.25) is 0 Å². The molecule has 0 saturated carbocycles. The number of aliphatic hydroxyl groups is 1. The van der Waals surface area contributed by atoms with Crippen molar-refractivity contribution in [3.8, 4) is 0 Å². The van der Waals surface area contributed by atoms with Crippen LogP contribution in [0.1, 0.15) is 19.3 Å². The molecule has 0 radical (unpaired) electrons. The molecule has 66 valence electrons. The molecule has 0 aromatic heterocycles. The largest absolute Gasteiger partial charge is 0.393 e. The average Bonchev–Trinajstić information content (AvgIpc) is 2.07. The monoisotopic (exact) mass is 158 g/mol. The fourth-order valence-electron chi connectivity index (χ4n) is 1.64. The highest BCUT2D eigenvalue weighted by molar-refractivity contribution is 4.75. The Kier molecular flexibility index (Phi) is 3.83. The van der Waals surface area contributed by atoms with E-state index in [1.165, 1.54) is 0 Å². The first kappa shape index (κ1) is 8.97. The number of nitrogens with two attached hydrogens (primary N) is 1. The normalized spacial score (nSPS) is 23.5. The summed E-state index contributed by atoms with van der Waals surface area (Å²) in [6.45, 7) is 2.70. The van der Waals surface area contributed by atoms with Crippen molar-refractivity contribution in [3.63, 3.8) is 0 Å². The minimum atomic E-state index is -0.165. The van der Waals surface area contributed by atoms with E-state index in [0.717, 1.165) is 32.4 Å². The summed E-state index contributed by atoms with van der Waals surface area (Å²) in [7, 11) is 0. The number of hydrogen-bond acceptors (Lipinski definition) is 3. The number of aliphatic hydroxyl groups excluding tert-OH is 1. The van der Waals surface area contributed by atoms with Crippen molar-refractivity contribution in [2.75, 3.05) is 19.6 Å². The third-order valence-corrected chi connectivity index (χ3v) is 2.39. The highest BCUT2D eigenvalue weighted by Crippen LogP contribution is 2.17. The first-order chi connectivity index (χ1) is 5.34. The SMILES string of the molecule is NCCC(O)C1CCNCC1. The van der Waals surface area contributed by atoms with E-state index < -0.39 is 0 Å². The lowest BCUT2D eigenvalue weighted by Gasteiger charge is -2.26. The summed E-state index contributed by atoms with van der Waals surface area (Å²) in [5.74, 6) is 0.486. The summed E-state index contributed by atoms with van der Waals surface area (Å²) in [6, 6.07) is 0. The van der Waals surface area contributed by atoms with Crippen molar-refractivity contribution in [3.05, 3.63) is 0 Å². The quantitative estimate of drug-likeness (QED) is 0.528. The van der Waals surface area contributed by atoms with Gasteiger partial charge >= 0.3 is 0 Å². The molecule has 1 heterocycles. The smallest absolute Gasteiger partial charge is 0.0581 e. The van der Waals surface area contributed by atoms with Crippen LogP contribution in [0.15, 0.2) is 0 Å². The van der Waals surface area contributed by atoms with Crippen molar-refractivity contribution in [1.29, 1.82) is 0 Å². The zero-order chi connectivity index (χ0) is 8.10. The second-order valence-corrected chi connectivity index (χ2v) is 3.23. The second-order valence-electron chi connectivity index (χ2n) is 3.23. The number of nitrogens with one attached hydrogen (secondary N) is 1. The van der Waals surface area contributed by atoms with Crippen LogP contribution in [-0.2, 0) is 0 Å². The van der Waals surface area contributed by atoms with Crippen LogP contribution in [0.4, 0.5) is 0 Å². The van der Waals surface area contributed by atoms with Crippen LogP contribution in [0, 0.1) is 5.92 Å². The molecule has 0 aliphatic carbocycles. The molecule has 4 N–H and O–H groups in total. The van der Waals surface area contributed by atoms with Gasteiger partial charge in [0, 0.05) is 0 Å². The summed E-state index contributed by atoms with van der Waals surface area (Å²) in [6.07, 6.45) is 2.79. The predicted molar refractivity (Wildman–Crippen MR) is 45.3 cm³/mol. The highest BCUT2D eigenvalue weighted by Gasteiger charge is 2.20. The van der Waals surface area contributed by atoms with Gasteiger partial charge in [-0.15, -0.1) is 0 Å². The minimum Gasteiger partial charge on any atom is -0.393 e. The van der Waals surface area contributed by atoms with Crippen molar-refractivity contribution in [1.82, 2.24) is 5.32 Å². The van der Waals surface area contributed by atoms with Crippen molar-refractivity contribution in [2.45, 2.75) is 25.4 Å². The maximum atomic E-state index is 9.57. The van der Waals surface area contributed by atoms with Crippen LogP contribution in [0.25, 0.3) is 0 Å². The van der Waals surface area contributed by atoms with Crippen LogP contribution in [0.3, 0.4) is 0 Å². The fourth-order valence-corrected chi connectivity index (χ4v) is 1.64. The Labute approximate surface area is 68.0 Å². The molecule has 0 bridgehead atoms. The van der Waals surface area contributed by atoms with Gasteiger partial charge in [0.25, 0.3) is 0 Å². The Bertz CT molecular complexity index is 102. The third kappa shape index (κ3) is 2.77. The van der Waals surface area contributed by atoms with E-state index in [1.807, 2.05) is 0 Å². The lowest BCUT2D eigenvalue weighted by Crippen LogP contribution is -2.34. The number of hydrogen-bond donors (Lipinski definition) is 3. The van der Waals surface area contributed by atoms with E-state index in [9.17, 15) is 5.11 Å². The van der Waals surface area contributed by atoms with Gasteiger partial charge in [-0.2, -0.15) is 0 Å². The molecular formula is C8H18N2O. The van der Waals surface area contributed by atoms with Crippen molar-refractivity contribution < 1.29 is 5.11 Å². The lowest BCUT2D eigenvalue weighted by atomic mass is 9.90. The van der Waals surface area contributed by atoms with Crippen molar-refractivity contribution >= 4 is 0 Å². The summed E-state index contributed by atoms with van der Waals surface area (Å²) in [4.78, 5) is 0. The molecule has 0 spiro atoms. The van der Waals surface area contributed by atoms with Gasteiger partial charge in [0.1, 0.15) is 0 Å². The third-order valence-electron chi connectivity index (χ3n) is 2.39. The Morgan fingerprint density at radius 2 is 2.09 bits per heavy atom. The van der Waals surface area contributed by atoms with E-state index in [2.05, 4.69) is 5.32 Å². The van der Waals surface area contributed by atoms with Gasteiger partial charge in [-0.3, -0.25) is 0 Å². The van der Waals surface area contributed by atoms with Gasteiger partial charge in [0.15, 0.2) is 0 Å². The zero-order valence-electron chi connectivity index (χ0n) is 6.92. The van der Waals surface area contributed by atoms with Gasteiger partial charge < -0.3 is 16.2 Å². The molecule has 3 nitrogen and oxygen atoms in total. The maximum Gasteiger partial charge on any atom is 0.0581 e. The minimum absolute atomic E-state index is 0.165. The molecule has 1 atom stereocenters. The topological polar surface area (TPSA) is 58.3 Å². The van der Waals surface area contributed by atoms with Crippen LogP contribution in [0.2, 0.25) is 0 Å². The summed E-state index contributed by atoms with van der Waals surface area (Å²) < 4.78 is 0. The lowest BCUT2D eigenvalue weighted by molar-refractivity contribution is 0.0832. The second kappa shape index (κ2) is 4.70. The van der Waals surface area contributed by atoms with E-state index in [-0.39, 0.29) is 6.10 Å². The van der Waals surface area contributed by atoms with E-state index in [4.69, 9.17) is 5.73 Å². The van der Waals surface area contributed by atoms with Crippen LogP contribution >= 0.6 is 0 Å².